The highest BCUT2D eigenvalue weighted by Gasteiger charge is 2.23. The summed E-state index contributed by atoms with van der Waals surface area (Å²) in [5.74, 6) is 0.857. The molecule has 0 saturated carbocycles. The predicted molar refractivity (Wildman–Crippen MR) is 70.4 cm³/mol. The van der Waals surface area contributed by atoms with Gasteiger partial charge in [0.1, 0.15) is 0 Å². The van der Waals surface area contributed by atoms with E-state index in [-0.39, 0.29) is 5.41 Å². The Morgan fingerprint density at radius 2 is 1.94 bits per heavy atom. The third kappa shape index (κ3) is 2.75. The monoisotopic (exact) mass is 234 g/mol. The van der Waals surface area contributed by atoms with Gasteiger partial charge >= 0.3 is 0 Å². The van der Waals surface area contributed by atoms with Crippen LogP contribution in [-0.4, -0.2) is 36.1 Å². The largest absolute Gasteiger partial charge is 0.339 e. The van der Waals surface area contributed by atoms with Crippen molar-refractivity contribution in [2.45, 2.75) is 38.6 Å². The number of nitrogens with one attached hydrogen (secondary N) is 1. The molecule has 1 unspecified atom stereocenters. The molecule has 4 heteroatoms. The van der Waals surface area contributed by atoms with Crippen molar-refractivity contribution in [2.24, 2.45) is 0 Å². The van der Waals surface area contributed by atoms with E-state index in [1.165, 1.54) is 12.0 Å². The maximum Gasteiger partial charge on any atom is 0.225 e. The van der Waals surface area contributed by atoms with Crippen LogP contribution in [0.3, 0.4) is 0 Å². The minimum absolute atomic E-state index is 0.122. The van der Waals surface area contributed by atoms with Crippen LogP contribution in [0.25, 0.3) is 0 Å². The van der Waals surface area contributed by atoms with E-state index in [2.05, 4.69) is 41.0 Å². The Bertz CT molecular complexity index is 366. The van der Waals surface area contributed by atoms with Gasteiger partial charge in [0.2, 0.25) is 5.95 Å². The lowest BCUT2D eigenvalue weighted by Gasteiger charge is -2.20. The number of likely N-dealkylation sites (N-methyl/N-ethyl adjacent to an activating group) is 1. The SMILES string of the molecule is CNC1CCN(c2ncc(C(C)(C)C)cn2)C1. The van der Waals surface area contributed by atoms with Crippen molar-refractivity contribution in [3.8, 4) is 0 Å². The molecule has 17 heavy (non-hydrogen) atoms. The zero-order valence-electron chi connectivity index (χ0n) is 11.2. The molecule has 1 N–H and O–H groups in total. The normalized spacial score (nSPS) is 20.9. The molecule has 1 aliphatic rings. The zero-order valence-corrected chi connectivity index (χ0v) is 11.2. The summed E-state index contributed by atoms with van der Waals surface area (Å²) in [6.45, 7) is 8.58. The van der Waals surface area contributed by atoms with Crippen molar-refractivity contribution in [1.29, 1.82) is 0 Å². The second-order valence-electron chi connectivity index (χ2n) is 5.74. The van der Waals surface area contributed by atoms with Gasteiger partial charge < -0.3 is 10.2 Å². The highest BCUT2D eigenvalue weighted by Crippen LogP contribution is 2.22. The lowest BCUT2D eigenvalue weighted by molar-refractivity contribution is 0.583. The summed E-state index contributed by atoms with van der Waals surface area (Å²) in [4.78, 5) is 11.2. The lowest BCUT2D eigenvalue weighted by atomic mass is 9.89. The van der Waals surface area contributed by atoms with Gasteiger partial charge in [-0.3, -0.25) is 0 Å². The van der Waals surface area contributed by atoms with E-state index in [1.54, 1.807) is 0 Å². The molecule has 1 aliphatic heterocycles. The summed E-state index contributed by atoms with van der Waals surface area (Å²) in [6.07, 6.45) is 5.07. The first-order valence-electron chi connectivity index (χ1n) is 6.25. The maximum atomic E-state index is 4.48. The summed E-state index contributed by atoms with van der Waals surface area (Å²) in [5.41, 5.74) is 1.31. The maximum absolute atomic E-state index is 4.48. The van der Waals surface area contributed by atoms with Crippen molar-refractivity contribution in [3.05, 3.63) is 18.0 Å². The van der Waals surface area contributed by atoms with Gasteiger partial charge in [-0.05, 0) is 24.4 Å². The van der Waals surface area contributed by atoms with E-state index < -0.39 is 0 Å². The van der Waals surface area contributed by atoms with Gasteiger partial charge in [-0.2, -0.15) is 0 Å². The van der Waals surface area contributed by atoms with Gasteiger partial charge in [0.05, 0.1) is 0 Å². The molecule has 0 spiro atoms. The Kier molecular flexibility index (Phi) is 3.33. The second-order valence-corrected chi connectivity index (χ2v) is 5.74. The number of hydrogen-bond donors (Lipinski definition) is 1. The fraction of sp³-hybridized carbons (Fsp3) is 0.692. The summed E-state index contributed by atoms with van der Waals surface area (Å²) in [6, 6.07) is 0.570. The van der Waals surface area contributed by atoms with Crippen molar-refractivity contribution >= 4 is 5.95 Å². The van der Waals surface area contributed by atoms with E-state index >= 15 is 0 Å². The van der Waals surface area contributed by atoms with E-state index in [4.69, 9.17) is 0 Å². The smallest absolute Gasteiger partial charge is 0.225 e. The van der Waals surface area contributed by atoms with Gasteiger partial charge in [-0.25, -0.2) is 9.97 Å². The molecule has 0 aromatic carbocycles. The molecule has 0 bridgehead atoms. The first-order chi connectivity index (χ1) is 8.00. The van der Waals surface area contributed by atoms with E-state index in [1.807, 2.05) is 19.4 Å². The minimum Gasteiger partial charge on any atom is -0.339 e. The summed E-state index contributed by atoms with van der Waals surface area (Å²) >= 11 is 0. The van der Waals surface area contributed by atoms with Crippen LogP contribution in [0.2, 0.25) is 0 Å². The van der Waals surface area contributed by atoms with Crippen LogP contribution >= 0.6 is 0 Å². The number of hydrogen-bond acceptors (Lipinski definition) is 4. The van der Waals surface area contributed by atoms with Gasteiger partial charge in [0.25, 0.3) is 0 Å². The zero-order chi connectivity index (χ0) is 12.5. The Labute approximate surface area is 103 Å². The average Bonchev–Trinajstić information content (AvgIpc) is 2.76. The molecule has 1 saturated heterocycles. The van der Waals surface area contributed by atoms with Crippen LogP contribution in [0.5, 0.6) is 0 Å². The van der Waals surface area contributed by atoms with E-state index in [0.29, 0.717) is 6.04 Å². The van der Waals surface area contributed by atoms with Crippen molar-refractivity contribution in [3.63, 3.8) is 0 Å². The number of nitrogens with zero attached hydrogens (tertiary/aromatic N) is 3. The molecule has 1 aromatic heterocycles. The van der Waals surface area contributed by atoms with Crippen molar-refractivity contribution < 1.29 is 0 Å². The lowest BCUT2D eigenvalue weighted by Crippen LogP contribution is -2.30. The molecule has 0 amide bonds. The van der Waals surface area contributed by atoms with Crippen LogP contribution in [0.4, 0.5) is 5.95 Å². The van der Waals surface area contributed by atoms with Crippen LogP contribution < -0.4 is 10.2 Å². The van der Waals surface area contributed by atoms with E-state index in [0.717, 1.165) is 19.0 Å². The fourth-order valence-electron chi connectivity index (χ4n) is 2.05. The first kappa shape index (κ1) is 12.3. The quantitative estimate of drug-likeness (QED) is 0.843. The van der Waals surface area contributed by atoms with Gasteiger partial charge in [-0.1, -0.05) is 20.8 Å². The molecular formula is C13H22N4. The Morgan fingerprint density at radius 1 is 1.29 bits per heavy atom. The molecular weight excluding hydrogens is 212 g/mol. The number of aromatic nitrogens is 2. The highest BCUT2D eigenvalue weighted by atomic mass is 15.3. The number of rotatable bonds is 2. The third-order valence-corrected chi connectivity index (χ3v) is 3.38. The first-order valence-corrected chi connectivity index (χ1v) is 6.25. The van der Waals surface area contributed by atoms with Gasteiger partial charge in [-0.15, -0.1) is 0 Å². The number of anilines is 1. The fourth-order valence-corrected chi connectivity index (χ4v) is 2.05. The Morgan fingerprint density at radius 3 is 2.41 bits per heavy atom. The standard InChI is InChI=1S/C13H22N4/c1-13(2,3)10-7-15-12(16-8-10)17-6-5-11(9-17)14-4/h7-8,11,14H,5-6,9H2,1-4H3. The van der Waals surface area contributed by atoms with Crippen LogP contribution in [0.15, 0.2) is 12.4 Å². The second kappa shape index (κ2) is 4.61. The molecule has 2 heterocycles. The molecule has 1 fully saturated rings. The van der Waals surface area contributed by atoms with Gasteiger partial charge in [0, 0.05) is 31.5 Å². The molecule has 1 atom stereocenters. The third-order valence-electron chi connectivity index (χ3n) is 3.38. The summed E-state index contributed by atoms with van der Waals surface area (Å²) in [5, 5.41) is 3.30. The van der Waals surface area contributed by atoms with Gasteiger partial charge in [0.15, 0.2) is 0 Å². The molecule has 94 valence electrons. The van der Waals surface area contributed by atoms with Crippen molar-refractivity contribution in [1.82, 2.24) is 15.3 Å². The van der Waals surface area contributed by atoms with E-state index in [9.17, 15) is 0 Å². The minimum atomic E-state index is 0.122. The molecule has 0 radical (unpaired) electrons. The summed E-state index contributed by atoms with van der Waals surface area (Å²) in [7, 11) is 2.01. The van der Waals surface area contributed by atoms with Crippen LogP contribution in [0, 0.1) is 0 Å². The van der Waals surface area contributed by atoms with Crippen molar-refractivity contribution in [2.75, 3.05) is 25.0 Å². The molecule has 4 nitrogen and oxygen atoms in total. The van der Waals surface area contributed by atoms with Crippen LogP contribution in [-0.2, 0) is 5.41 Å². The molecule has 2 rings (SSSR count). The van der Waals surface area contributed by atoms with Crippen LogP contribution in [0.1, 0.15) is 32.8 Å². The topological polar surface area (TPSA) is 41.0 Å². The Balaban J connectivity index is 2.09. The predicted octanol–water partition coefficient (Wildman–Crippen LogP) is 1.57. The summed E-state index contributed by atoms with van der Waals surface area (Å²) < 4.78 is 0. The average molecular weight is 234 g/mol. The Hall–Kier alpha value is -1.16. The molecule has 0 aliphatic carbocycles. The molecule has 1 aromatic rings. The highest BCUT2D eigenvalue weighted by molar-refractivity contribution is 5.33.